The maximum Gasteiger partial charge on any atom is 0.00672 e. The van der Waals surface area contributed by atoms with Crippen LogP contribution in [0.5, 0.6) is 0 Å². The summed E-state index contributed by atoms with van der Waals surface area (Å²) >= 11 is 0. The van der Waals surface area contributed by atoms with Gasteiger partial charge in [-0.25, -0.2) is 0 Å². The Bertz CT molecular complexity index is 314. The lowest BCUT2D eigenvalue weighted by Crippen LogP contribution is -2.34. The molecule has 94 valence electrons. The van der Waals surface area contributed by atoms with Crippen molar-refractivity contribution < 1.29 is 0 Å². The maximum absolute atomic E-state index is 3.72. The summed E-state index contributed by atoms with van der Waals surface area (Å²) in [5.74, 6) is 1.53. The lowest BCUT2D eigenvalue weighted by molar-refractivity contribution is 0.375. The van der Waals surface area contributed by atoms with E-state index in [0.29, 0.717) is 12.0 Å². The van der Waals surface area contributed by atoms with Crippen LogP contribution in [0.4, 0.5) is 0 Å². The van der Waals surface area contributed by atoms with Gasteiger partial charge in [-0.3, -0.25) is 0 Å². The largest absolute Gasteiger partial charge is 0.313 e. The van der Waals surface area contributed by atoms with Crippen LogP contribution in [0.3, 0.4) is 0 Å². The minimum atomic E-state index is 0.611. The number of benzene rings is 1. The zero-order valence-corrected chi connectivity index (χ0v) is 11.2. The Morgan fingerprint density at radius 1 is 1.12 bits per heavy atom. The highest BCUT2D eigenvalue weighted by Gasteiger charge is 2.21. The van der Waals surface area contributed by atoms with Crippen molar-refractivity contribution in [3.8, 4) is 0 Å². The highest BCUT2D eigenvalue weighted by Crippen LogP contribution is 2.27. The molecule has 0 amide bonds. The van der Waals surface area contributed by atoms with Crippen molar-refractivity contribution in [1.29, 1.82) is 0 Å². The first-order valence-electron chi connectivity index (χ1n) is 7.05. The van der Waals surface area contributed by atoms with Gasteiger partial charge in [0.1, 0.15) is 0 Å². The highest BCUT2D eigenvalue weighted by atomic mass is 14.9. The van der Waals surface area contributed by atoms with E-state index in [-0.39, 0.29) is 0 Å². The Morgan fingerprint density at radius 3 is 2.41 bits per heavy atom. The first-order valence-corrected chi connectivity index (χ1v) is 7.05. The minimum Gasteiger partial charge on any atom is -0.313 e. The third kappa shape index (κ3) is 3.57. The van der Waals surface area contributed by atoms with Crippen LogP contribution in [-0.2, 0) is 0 Å². The van der Waals surface area contributed by atoms with Crippen LogP contribution in [0.25, 0.3) is 0 Å². The molecule has 1 N–H and O–H groups in total. The van der Waals surface area contributed by atoms with Gasteiger partial charge in [0.05, 0.1) is 0 Å². The molecule has 0 saturated heterocycles. The molecule has 1 aromatic rings. The molecule has 2 atom stereocenters. The molecule has 2 rings (SSSR count). The first kappa shape index (κ1) is 12.6. The van der Waals surface area contributed by atoms with Crippen LogP contribution in [-0.4, -0.2) is 12.6 Å². The molecule has 1 unspecified atom stereocenters. The normalized spacial score (nSPS) is 20.4. The SMILES string of the molecule is CC(CN[C@H](C)C1CCCC1)c1ccccc1. The summed E-state index contributed by atoms with van der Waals surface area (Å²) in [7, 11) is 0. The third-order valence-electron chi connectivity index (χ3n) is 4.22. The van der Waals surface area contributed by atoms with Crippen LogP contribution in [0.15, 0.2) is 30.3 Å². The second kappa shape index (κ2) is 6.20. The zero-order chi connectivity index (χ0) is 12.1. The van der Waals surface area contributed by atoms with Gasteiger partial charge in [0.25, 0.3) is 0 Å². The van der Waals surface area contributed by atoms with Gasteiger partial charge in [-0.1, -0.05) is 50.1 Å². The lowest BCUT2D eigenvalue weighted by Gasteiger charge is -2.22. The molecule has 1 saturated carbocycles. The van der Waals surface area contributed by atoms with E-state index in [4.69, 9.17) is 0 Å². The van der Waals surface area contributed by atoms with Crippen LogP contribution >= 0.6 is 0 Å². The molecule has 1 fully saturated rings. The topological polar surface area (TPSA) is 12.0 Å². The second-order valence-corrected chi connectivity index (χ2v) is 5.55. The van der Waals surface area contributed by atoms with Gasteiger partial charge in [-0.05, 0) is 37.2 Å². The number of hydrogen-bond acceptors (Lipinski definition) is 1. The molecule has 1 aliphatic rings. The molecule has 0 radical (unpaired) electrons. The van der Waals surface area contributed by atoms with Crippen molar-refractivity contribution >= 4 is 0 Å². The number of hydrogen-bond donors (Lipinski definition) is 1. The Morgan fingerprint density at radius 2 is 1.76 bits per heavy atom. The van der Waals surface area contributed by atoms with Gasteiger partial charge in [-0.15, -0.1) is 0 Å². The molecule has 0 aliphatic heterocycles. The van der Waals surface area contributed by atoms with Gasteiger partial charge in [-0.2, -0.15) is 0 Å². The van der Waals surface area contributed by atoms with Gasteiger partial charge >= 0.3 is 0 Å². The van der Waals surface area contributed by atoms with E-state index < -0.39 is 0 Å². The fourth-order valence-electron chi connectivity index (χ4n) is 2.89. The Hall–Kier alpha value is -0.820. The van der Waals surface area contributed by atoms with Gasteiger partial charge in [0.2, 0.25) is 0 Å². The summed E-state index contributed by atoms with van der Waals surface area (Å²) < 4.78 is 0. The molecular formula is C16H25N. The smallest absolute Gasteiger partial charge is 0.00672 e. The summed E-state index contributed by atoms with van der Waals surface area (Å²) in [6.07, 6.45) is 5.72. The van der Waals surface area contributed by atoms with Crippen LogP contribution in [0, 0.1) is 5.92 Å². The standard InChI is InChI=1S/C16H25N/c1-13(15-8-4-3-5-9-15)12-17-14(2)16-10-6-7-11-16/h3-5,8-9,13-14,16-17H,6-7,10-12H2,1-2H3/t13?,14-/m1/s1. The number of rotatable bonds is 5. The summed E-state index contributed by atoms with van der Waals surface area (Å²) in [6.45, 7) is 5.76. The fourth-order valence-corrected chi connectivity index (χ4v) is 2.89. The molecule has 1 aliphatic carbocycles. The van der Waals surface area contributed by atoms with E-state index in [2.05, 4.69) is 49.5 Å². The summed E-state index contributed by atoms with van der Waals surface area (Å²) in [4.78, 5) is 0. The van der Waals surface area contributed by atoms with E-state index in [9.17, 15) is 0 Å². The summed E-state index contributed by atoms with van der Waals surface area (Å²) in [5.41, 5.74) is 1.44. The van der Waals surface area contributed by atoms with E-state index in [1.165, 1.54) is 31.2 Å². The van der Waals surface area contributed by atoms with E-state index in [1.807, 2.05) is 0 Å². The maximum atomic E-state index is 3.72. The zero-order valence-electron chi connectivity index (χ0n) is 11.2. The summed E-state index contributed by atoms with van der Waals surface area (Å²) in [6, 6.07) is 11.5. The monoisotopic (exact) mass is 231 g/mol. The van der Waals surface area contributed by atoms with Gasteiger partial charge < -0.3 is 5.32 Å². The van der Waals surface area contributed by atoms with Crippen molar-refractivity contribution in [2.75, 3.05) is 6.54 Å². The van der Waals surface area contributed by atoms with E-state index in [1.54, 1.807) is 0 Å². The average molecular weight is 231 g/mol. The van der Waals surface area contributed by atoms with Crippen molar-refractivity contribution in [2.24, 2.45) is 5.92 Å². The van der Waals surface area contributed by atoms with Crippen LogP contribution < -0.4 is 5.32 Å². The van der Waals surface area contributed by atoms with Crippen molar-refractivity contribution in [3.63, 3.8) is 0 Å². The predicted octanol–water partition coefficient (Wildman–Crippen LogP) is 3.96. The predicted molar refractivity (Wildman–Crippen MR) is 74.3 cm³/mol. The van der Waals surface area contributed by atoms with Crippen LogP contribution in [0.1, 0.15) is 51.0 Å². The first-order chi connectivity index (χ1) is 8.27. The van der Waals surface area contributed by atoms with Crippen molar-refractivity contribution in [1.82, 2.24) is 5.32 Å². The molecule has 0 heterocycles. The van der Waals surface area contributed by atoms with Crippen molar-refractivity contribution in [3.05, 3.63) is 35.9 Å². The Labute approximate surface area is 106 Å². The third-order valence-corrected chi connectivity index (χ3v) is 4.22. The molecular weight excluding hydrogens is 206 g/mol. The molecule has 1 nitrogen and oxygen atoms in total. The summed E-state index contributed by atoms with van der Waals surface area (Å²) in [5, 5.41) is 3.72. The minimum absolute atomic E-state index is 0.611. The molecule has 0 aromatic heterocycles. The molecule has 0 bridgehead atoms. The fraction of sp³-hybridized carbons (Fsp3) is 0.625. The van der Waals surface area contributed by atoms with Crippen LogP contribution in [0.2, 0.25) is 0 Å². The average Bonchev–Trinajstić information content (AvgIpc) is 2.90. The van der Waals surface area contributed by atoms with E-state index in [0.717, 1.165) is 12.5 Å². The van der Waals surface area contributed by atoms with Crippen molar-refractivity contribution in [2.45, 2.75) is 51.5 Å². The number of nitrogens with one attached hydrogen (secondary N) is 1. The van der Waals surface area contributed by atoms with Gasteiger partial charge in [0, 0.05) is 12.6 Å². The molecule has 17 heavy (non-hydrogen) atoms. The Balaban J connectivity index is 1.77. The van der Waals surface area contributed by atoms with E-state index >= 15 is 0 Å². The second-order valence-electron chi connectivity index (χ2n) is 5.55. The Kier molecular flexibility index (Phi) is 4.61. The lowest BCUT2D eigenvalue weighted by atomic mass is 9.97. The highest BCUT2D eigenvalue weighted by molar-refractivity contribution is 5.18. The molecule has 1 heteroatoms. The molecule has 1 aromatic carbocycles. The molecule has 0 spiro atoms. The van der Waals surface area contributed by atoms with Gasteiger partial charge in [0.15, 0.2) is 0 Å². The quantitative estimate of drug-likeness (QED) is 0.809.